The van der Waals surface area contributed by atoms with Crippen molar-refractivity contribution in [2.24, 2.45) is 0 Å². The van der Waals surface area contributed by atoms with E-state index in [4.69, 9.17) is 9.15 Å². The molecular formula is C15H11NO5. The van der Waals surface area contributed by atoms with Crippen LogP contribution in [0.2, 0.25) is 0 Å². The number of para-hydroxylation sites is 1. The van der Waals surface area contributed by atoms with Crippen LogP contribution in [0.4, 0.5) is 0 Å². The molecule has 0 fully saturated rings. The predicted molar refractivity (Wildman–Crippen MR) is 76.6 cm³/mol. The maximum atomic E-state index is 12.1. The summed E-state index contributed by atoms with van der Waals surface area (Å²) in [5.74, 6) is -0.805. The Hall–Kier alpha value is -2.89. The summed E-state index contributed by atoms with van der Waals surface area (Å²) in [5, 5.41) is 0.732. The first kappa shape index (κ1) is 13.1. The number of hydrogen-bond acceptors (Lipinski definition) is 5. The number of pyridine rings is 1. The van der Waals surface area contributed by atoms with Crippen molar-refractivity contribution in [1.82, 2.24) is 4.98 Å². The molecule has 2 heterocycles. The van der Waals surface area contributed by atoms with E-state index in [1.165, 1.54) is 6.07 Å². The van der Waals surface area contributed by atoms with Gasteiger partial charge in [0.2, 0.25) is 0 Å². The topological polar surface area (TPSA) is 89.4 Å². The minimum Gasteiger partial charge on any atom is -0.462 e. The standard InChI is InChI=1S/C15H11NO5/c1-2-20-14(18)10-7-9-12(21-15(10)19)8-5-3-4-6-11(8)16-13(9)17/h3-7H,2H2,1H3,(H,16,17). The number of aromatic nitrogens is 1. The number of carbonyl (C=O) groups is 1. The van der Waals surface area contributed by atoms with Gasteiger partial charge in [-0.1, -0.05) is 12.1 Å². The van der Waals surface area contributed by atoms with Crippen molar-refractivity contribution in [2.45, 2.75) is 6.92 Å². The van der Waals surface area contributed by atoms with Crippen LogP contribution in [0.3, 0.4) is 0 Å². The highest BCUT2D eigenvalue weighted by molar-refractivity contribution is 6.03. The van der Waals surface area contributed by atoms with Crippen molar-refractivity contribution in [3.05, 3.63) is 56.7 Å². The van der Waals surface area contributed by atoms with Gasteiger partial charge < -0.3 is 14.1 Å². The number of benzene rings is 1. The van der Waals surface area contributed by atoms with Crippen LogP contribution in [-0.4, -0.2) is 17.6 Å². The van der Waals surface area contributed by atoms with Gasteiger partial charge in [0.25, 0.3) is 5.56 Å². The van der Waals surface area contributed by atoms with Gasteiger partial charge in [0.15, 0.2) is 5.58 Å². The monoisotopic (exact) mass is 285 g/mol. The molecule has 0 atom stereocenters. The Morgan fingerprint density at radius 2 is 2.00 bits per heavy atom. The lowest BCUT2D eigenvalue weighted by Gasteiger charge is -2.04. The molecule has 21 heavy (non-hydrogen) atoms. The van der Waals surface area contributed by atoms with E-state index in [0.717, 1.165) is 0 Å². The summed E-state index contributed by atoms with van der Waals surface area (Å²) in [6.45, 7) is 1.76. The number of esters is 1. The van der Waals surface area contributed by atoms with Crippen LogP contribution in [-0.2, 0) is 4.74 Å². The van der Waals surface area contributed by atoms with Gasteiger partial charge in [-0.25, -0.2) is 9.59 Å². The number of H-pyrrole nitrogens is 1. The zero-order chi connectivity index (χ0) is 15.0. The molecule has 6 heteroatoms. The largest absolute Gasteiger partial charge is 0.462 e. The van der Waals surface area contributed by atoms with Crippen LogP contribution in [0, 0.1) is 0 Å². The maximum absolute atomic E-state index is 12.1. The lowest BCUT2D eigenvalue weighted by molar-refractivity contribution is 0.0522. The molecule has 0 amide bonds. The van der Waals surface area contributed by atoms with Gasteiger partial charge in [-0.3, -0.25) is 4.79 Å². The van der Waals surface area contributed by atoms with Gasteiger partial charge in [0.05, 0.1) is 17.5 Å². The highest BCUT2D eigenvalue weighted by Crippen LogP contribution is 2.20. The van der Waals surface area contributed by atoms with Crippen LogP contribution < -0.4 is 11.2 Å². The highest BCUT2D eigenvalue weighted by atomic mass is 16.5. The summed E-state index contributed by atoms with van der Waals surface area (Å²) in [5.41, 5.74) is -0.825. The molecule has 0 saturated carbocycles. The fraction of sp³-hybridized carbons (Fsp3) is 0.133. The van der Waals surface area contributed by atoms with Crippen LogP contribution in [0.15, 0.2) is 44.3 Å². The van der Waals surface area contributed by atoms with E-state index in [-0.39, 0.29) is 23.1 Å². The highest BCUT2D eigenvalue weighted by Gasteiger charge is 2.17. The molecule has 106 valence electrons. The average molecular weight is 285 g/mol. The van der Waals surface area contributed by atoms with Crippen molar-refractivity contribution in [2.75, 3.05) is 6.61 Å². The van der Waals surface area contributed by atoms with Gasteiger partial charge in [-0.2, -0.15) is 0 Å². The third-order valence-corrected chi connectivity index (χ3v) is 3.11. The van der Waals surface area contributed by atoms with Crippen molar-refractivity contribution in [3.8, 4) is 0 Å². The molecule has 1 aromatic carbocycles. The van der Waals surface area contributed by atoms with Crippen molar-refractivity contribution >= 4 is 27.8 Å². The van der Waals surface area contributed by atoms with E-state index in [1.807, 2.05) is 0 Å². The molecule has 6 nitrogen and oxygen atoms in total. The molecule has 0 spiro atoms. The van der Waals surface area contributed by atoms with Gasteiger partial charge in [0.1, 0.15) is 5.56 Å². The molecule has 0 aliphatic carbocycles. The first-order valence-electron chi connectivity index (χ1n) is 6.38. The Bertz CT molecular complexity index is 967. The number of aromatic amines is 1. The lowest BCUT2D eigenvalue weighted by Crippen LogP contribution is -2.18. The molecular weight excluding hydrogens is 274 g/mol. The van der Waals surface area contributed by atoms with Gasteiger partial charge in [-0.15, -0.1) is 0 Å². The second-order valence-corrected chi connectivity index (χ2v) is 4.41. The number of hydrogen-bond donors (Lipinski definition) is 1. The van der Waals surface area contributed by atoms with Crippen molar-refractivity contribution < 1.29 is 13.9 Å². The molecule has 0 aliphatic heterocycles. The fourth-order valence-electron chi connectivity index (χ4n) is 2.17. The predicted octanol–water partition coefficient (Wildman–Crippen LogP) is 1.81. The second kappa shape index (κ2) is 4.90. The molecule has 0 saturated heterocycles. The molecule has 0 bridgehead atoms. The molecule has 2 aromatic heterocycles. The third-order valence-electron chi connectivity index (χ3n) is 3.11. The number of ether oxygens (including phenoxy) is 1. The summed E-state index contributed by atoms with van der Waals surface area (Å²) >= 11 is 0. The minimum atomic E-state index is -0.822. The Labute approximate surface area is 118 Å². The van der Waals surface area contributed by atoms with E-state index in [2.05, 4.69) is 4.98 Å². The Balaban J connectivity index is 2.40. The van der Waals surface area contributed by atoms with Crippen LogP contribution >= 0.6 is 0 Å². The molecule has 0 aliphatic rings. The van der Waals surface area contributed by atoms with Gasteiger partial charge in [-0.05, 0) is 25.1 Å². The van der Waals surface area contributed by atoms with Crippen LogP contribution in [0.1, 0.15) is 17.3 Å². The summed E-state index contributed by atoms with van der Waals surface area (Å²) in [6.07, 6.45) is 0. The zero-order valence-electron chi connectivity index (χ0n) is 11.1. The smallest absolute Gasteiger partial charge is 0.351 e. The molecule has 3 aromatic rings. The first-order chi connectivity index (χ1) is 10.1. The fourth-order valence-corrected chi connectivity index (χ4v) is 2.17. The van der Waals surface area contributed by atoms with Crippen molar-refractivity contribution in [3.63, 3.8) is 0 Å². The Kier molecular flexibility index (Phi) is 3.06. The normalized spacial score (nSPS) is 10.9. The average Bonchev–Trinajstić information content (AvgIpc) is 2.47. The number of carbonyl (C=O) groups excluding carboxylic acids is 1. The zero-order valence-corrected chi connectivity index (χ0v) is 11.1. The maximum Gasteiger partial charge on any atom is 0.351 e. The van der Waals surface area contributed by atoms with Crippen molar-refractivity contribution in [1.29, 1.82) is 0 Å². The SMILES string of the molecule is CCOC(=O)c1cc2c(=O)[nH]c3ccccc3c2oc1=O. The lowest BCUT2D eigenvalue weighted by atomic mass is 10.1. The summed E-state index contributed by atoms with van der Waals surface area (Å²) in [4.78, 5) is 38.4. The number of fused-ring (bicyclic) bond motifs is 3. The molecule has 0 unspecified atom stereocenters. The van der Waals surface area contributed by atoms with Gasteiger partial charge in [0, 0.05) is 5.39 Å². The molecule has 3 rings (SSSR count). The first-order valence-corrected chi connectivity index (χ1v) is 6.38. The molecule has 1 N–H and O–H groups in total. The Morgan fingerprint density at radius 1 is 1.24 bits per heavy atom. The quantitative estimate of drug-likeness (QED) is 0.573. The van der Waals surface area contributed by atoms with E-state index in [0.29, 0.717) is 10.9 Å². The van der Waals surface area contributed by atoms with E-state index < -0.39 is 17.2 Å². The van der Waals surface area contributed by atoms with E-state index in [1.54, 1.807) is 31.2 Å². The minimum absolute atomic E-state index is 0.129. The molecule has 0 radical (unpaired) electrons. The second-order valence-electron chi connectivity index (χ2n) is 4.41. The summed E-state index contributed by atoms with van der Waals surface area (Å²) in [6, 6.07) is 8.16. The van der Waals surface area contributed by atoms with Gasteiger partial charge >= 0.3 is 11.6 Å². The summed E-state index contributed by atoms with van der Waals surface area (Å²) < 4.78 is 9.95. The third kappa shape index (κ3) is 2.10. The van der Waals surface area contributed by atoms with Crippen LogP contribution in [0.25, 0.3) is 21.9 Å². The number of rotatable bonds is 2. The summed E-state index contributed by atoms with van der Waals surface area (Å²) in [7, 11) is 0. The van der Waals surface area contributed by atoms with E-state index in [9.17, 15) is 14.4 Å². The Morgan fingerprint density at radius 3 is 2.76 bits per heavy atom. The van der Waals surface area contributed by atoms with Crippen LogP contribution in [0.5, 0.6) is 0 Å². The number of nitrogens with one attached hydrogen (secondary N) is 1. The van der Waals surface area contributed by atoms with E-state index >= 15 is 0 Å².